The number of aromatic nitrogens is 2. The Labute approximate surface area is 70.9 Å². The average Bonchev–Trinajstić information content (AvgIpc) is 1.85. The van der Waals surface area contributed by atoms with Crippen molar-refractivity contribution in [1.82, 2.24) is 10.2 Å². The van der Waals surface area contributed by atoms with Crippen LogP contribution < -0.4 is 0 Å². The minimum atomic E-state index is 0.424. The normalized spacial score (nSPS) is 9.73. The van der Waals surface area contributed by atoms with E-state index < -0.39 is 0 Å². The summed E-state index contributed by atoms with van der Waals surface area (Å²) in [6, 6.07) is 1.78. The van der Waals surface area contributed by atoms with Crippen LogP contribution in [0.5, 0.6) is 0 Å². The molecule has 0 aliphatic rings. The molecule has 0 aromatic carbocycles. The molecule has 0 bridgehead atoms. The molecule has 11 heavy (non-hydrogen) atoms. The van der Waals surface area contributed by atoms with Gasteiger partial charge in [0.05, 0.1) is 5.69 Å². The van der Waals surface area contributed by atoms with Crippen molar-refractivity contribution in [2.45, 2.75) is 13.8 Å². The lowest BCUT2D eigenvalue weighted by atomic mass is 10.1. The minimum absolute atomic E-state index is 0.424. The summed E-state index contributed by atoms with van der Waals surface area (Å²) >= 11 is 5.62. The third kappa shape index (κ3) is 1.77. The van der Waals surface area contributed by atoms with E-state index in [1.165, 1.54) is 0 Å². The number of hydrogen-bond donors (Lipinski definition) is 0. The first kappa shape index (κ1) is 8.21. The Morgan fingerprint density at radius 3 is 2.64 bits per heavy atom. The Balaban J connectivity index is 3.20. The lowest BCUT2D eigenvalue weighted by Crippen LogP contribution is -1.93. The van der Waals surface area contributed by atoms with Crippen molar-refractivity contribution >= 4 is 17.2 Å². The molecule has 2 nitrogen and oxygen atoms in total. The summed E-state index contributed by atoms with van der Waals surface area (Å²) < 4.78 is 0. The fraction of sp³-hybridized carbons (Fsp3) is 0.250. The Morgan fingerprint density at radius 1 is 1.55 bits per heavy atom. The molecule has 1 aromatic rings. The van der Waals surface area contributed by atoms with E-state index in [1.54, 1.807) is 6.07 Å². The van der Waals surface area contributed by atoms with Crippen molar-refractivity contribution in [2.24, 2.45) is 0 Å². The molecule has 0 saturated heterocycles. The van der Waals surface area contributed by atoms with E-state index in [2.05, 4.69) is 16.8 Å². The fourth-order valence-corrected chi connectivity index (χ4v) is 1.08. The molecular formula is C8H9ClN2. The van der Waals surface area contributed by atoms with Gasteiger partial charge in [-0.3, -0.25) is 0 Å². The minimum Gasteiger partial charge on any atom is -0.149 e. The molecule has 0 saturated carbocycles. The third-order valence-corrected chi connectivity index (χ3v) is 1.54. The maximum absolute atomic E-state index is 5.62. The van der Waals surface area contributed by atoms with Crippen LogP contribution in [-0.2, 0) is 0 Å². The second kappa shape index (κ2) is 3.01. The molecule has 0 spiro atoms. The summed E-state index contributed by atoms with van der Waals surface area (Å²) in [7, 11) is 0. The first-order valence-electron chi connectivity index (χ1n) is 3.27. The van der Waals surface area contributed by atoms with Gasteiger partial charge in [0.15, 0.2) is 5.15 Å². The van der Waals surface area contributed by atoms with Gasteiger partial charge in [-0.25, -0.2) is 0 Å². The molecular weight excluding hydrogens is 160 g/mol. The van der Waals surface area contributed by atoms with Crippen molar-refractivity contribution in [2.75, 3.05) is 0 Å². The number of allylic oxidation sites excluding steroid dienone is 1. The number of rotatable bonds is 1. The van der Waals surface area contributed by atoms with Gasteiger partial charge in [-0.2, -0.15) is 0 Å². The Kier molecular flexibility index (Phi) is 2.25. The average molecular weight is 169 g/mol. The van der Waals surface area contributed by atoms with Crippen molar-refractivity contribution < 1.29 is 0 Å². The SMILES string of the molecule is C=C(C)c1nnc(Cl)cc1C. The Morgan fingerprint density at radius 2 is 2.18 bits per heavy atom. The van der Waals surface area contributed by atoms with Crippen molar-refractivity contribution in [3.63, 3.8) is 0 Å². The van der Waals surface area contributed by atoms with E-state index >= 15 is 0 Å². The van der Waals surface area contributed by atoms with E-state index in [-0.39, 0.29) is 0 Å². The van der Waals surface area contributed by atoms with Crippen LogP contribution in [0.3, 0.4) is 0 Å². The van der Waals surface area contributed by atoms with Crippen LogP contribution in [0, 0.1) is 6.92 Å². The van der Waals surface area contributed by atoms with Gasteiger partial charge in [-0.1, -0.05) is 18.2 Å². The van der Waals surface area contributed by atoms with Gasteiger partial charge < -0.3 is 0 Å². The smallest absolute Gasteiger partial charge is 0.149 e. The predicted octanol–water partition coefficient (Wildman–Crippen LogP) is 2.47. The van der Waals surface area contributed by atoms with Gasteiger partial charge in [0.25, 0.3) is 0 Å². The standard InChI is InChI=1S/C8H9ClN2/c1-5(2)8-6(3)4-7(9)10-11-8/h4H,1H2,2-3H3. The van der Waals surface area contributed by atoms with Gasteiger partial charge in [0.2, 0.25) is 0 Å². The highest BCUT2D eigenvalue weighted by Crippen LogP contribution is 2.14. The molecule has 0 aliphatic carbocycles. The van der Waals surface area contributed by atoms with Gasteiger partial charge in [0, 0.05) is 0 Å². The van der Waals surface area contributed by atoms with Crippen LogP contribution in [-0.4, -0.2) is 10.2 Å². The molecule has 1 heterocycles. The summed E-state index contributed by atoms with van der Waals surface area (Å²) in [6.45, 7) is 7.60. The van der Waals surface area contributed by atoms with Crippen LogP contribution in [0.2, 0.25) is 5.15 Å². The largest absolute Gasteiger partial charge is 0.152 e. The number of hydrogen-bond acceptors (Lipinski definition) is 2. The number of nitrogens with zero attached hydrogens (tertiary/aromatic N) is 2. The van der Waals surface area contributed by atoms with Crippen LogP contribution in [0.1, 0.15) is 18.2 Å². The third-order valence-electron chi connectivity index (χ3n) is 1.36. The van der Waals surface area contributed by atoms with Crippen LogP contribution in [0.4, 0.5) is 0 Å². The first-order chi connectivity index (χ1) is 5.11. The van der Waals surface area contributed by atoms with E-state index in [1.807, 2.05) is 13.8 Å². The lowest BCUT2D eigenvalue weighted by Gasteiger charge is -2.01. The van der Waals surface area contributed by atoms with Gasteiger partial charge in [-0.15, -0.1) is 10.2 Å². The van der Waals surface area contributed by atoms with Crippen LogP contribution in [0.15, 0.2) is 12.6 Å². The van der Waals surface area contributed by atoms with Gasteiger partial charge in [0.1, 0.15) is 0 Å². The zero-order valence-electron chi connectivity index (χ0n) is 6.56. The lowest BCUT2D eigenvalue weighted by molar-refractivity contribution is 0.992. The summed E-state index contributed by atoms with van der Waals surface area (Å²) in [5.74, 6) is 0. The van der Waals surface area contributed by atoms with Crippen molar-refractivity contribution in [3.8, 4) is 0 Å². The molecule has 0 aliphatic heterocycles. The molecule has 0 unspecified atom stereocenters. The quantitative estimate of drug-likeness (QED) is 0.644. The highest BCUT2D eigenvalue weighted by Gasteiger charge is 2.01. The monoisotopic (exact) mass is 168 g/mol. The number of halogens is 1. The molecule has 1 rings (SSSR count). The number of aryl methyl sites for hydroxylation is 1. The second-order valence-corrected chi connectivity index (χ2v) is 2.87. The molecule has 0 radical (unpaired) electrons. The van der Waals surface area contributed by atoms with E-state index in [0.29, 0.717) is 5.15 Å². The maximum atomic E-state index is 5.62. The second-order valence-electron chi connectivity index (χ2n) is 2.48. The summed E-state index contributed by atoms with van der Waals surface area (Å²) in [6.07, 6.45) is 0. The Bertz CT molecular complexity index is 294. The molecule has 0 fully saturated rings. The zero-order chi connectivity index (χ0) is 8.43. The van der Waals surface area contributed by atoms with Gasteiger partial charge >= 0.3 is 0 Å². The molecule has 0 N–H and O–H groups in total. The van der Waals surface area contributed by atoms with Gasteiger partial charge in [-0.05, 0) is 31.1 Å². The molecule has 0 atom stereocenters. The van der Waals surface area contributed by atoms with Crippen molar-refractivity contribution in [3.05, 3.63) is 29.1 Å². The topological polar surface area (TPSA) is 25.8 Å². The van der Waals surface area contributed by atoms with Crippen molar-refractivity contribution in [1.29, 1.82) is 0 Å². The maximum Gasteiger partial charge on any atom is 0.152 e. The van der Waals surface area contributed by atoms with Crippen LogP contribution >= 0.6 is 11.6 Å². The summed E-state index contributed by atoms with van der Waals surface area (Å²) in [5.41, 5.74) is 2.75. The van der Waals surface area contributed by atoms with E-state index in [4.69, 9.17) is 11.6 Å². The molecule has 0 amide bonds. The van der Waals surface area contributed by atoms with Crippen LogP contribution in [0.25, 0.3) is 5.57 Å². The Hall–Kier alpha value is -0.890. The highest BCUT2D eigenvalue weighted by atomic mass is 35.5. The van der Waals surface area contributed by atoms with E-state index in [0.717, 1.165) is 16.8 Å². The highest BCUT2D eigenvalue weighted by molar-refractivity contribution is 6.29. The zero-order valence-corrected chi connectivity index (χ0v) is 7.31. The molecule has 1 aromatic heterocycles. The predicted molar refractivity (Wildman–Crippen MR) is 46.5 cm³/mol. The first-order valence-corrected chi connectivity index (χ1v) is 3.65. The summed E-state index contributed by atoms with van der Waals surface area (Å²) in [4.78, 5) is 0. The fourth-order valence-electron chi connectivity index (χ4n) is 0.874. The molecule has 58 valence electrons. The van der Waals surface area contributed by atoms with E-state index in [9.17, 15) is 0 Å². The summed E-state index contributed by atoms with van der Waals surface area (Å²) in [5, 5.41) is 8.04. The molecule has 3 heteroatoms.